The van der Waals surface area contributed by atoms with E-state index in [1.54, 1.807) is 0 Å². The van der Waals surface area contributed by atoms with Crippen molar-refractivity contribution in [3.63, 3.8) is 0 Å². The maximum atomic E-state index is 9.80. The second-order valence-electron chi connectivity index (χ2n) is 0.799. The Balaban J connectivity index is 3.81. The molecule has 7 heavy (non-hydrogen) atoms. The van der Waals surface area contributed by atoms with Crippen LogP contribution < -0.4 is 4.89 Å². The number of rotatable bonds is 2. The van der Waals surface area contributed by atoms with E-state index in [0.717, 1.165) is 6.08 Å². The minimum absolute atomic E-state index is 0.756. The summed E-state index contributed by atoms with van der Waals surface area (Å²) in [6.07, 6.45) is 0.756. The van der Waals surface area contributed by atoms with Crippen molar-refractivity contribution >= 4 is 13.6 Å². The normalized spacial score (nSPS) is 10.1. The van der Waals surface area contributed by atoms with Crippen molar-refractivity contribution < 1.29 is 14.3 Å². The number of carbonyl (C=O) groups is 1. The Morgan fingerprint density at radius 1 is 1.86 bits per heavy atom. The van der Waals surface area contributed by atoms with Gasteiger partial charge in [-0.2, -0.15) is 0 Å². The van der Waals surface area contributed by atoms with Crippen molar-refractivity contribution in [1.82, 2.24) is 0 Å². The Labute approximate surface area is 41.5 Å². The van der Waals surface area contributed by atoms with Crippen molar-refractivity contribution in [3.8, 4) is 0 Å². The van der Waals surface area contributed by atoms with E-state index in [0.29, 0.717) is 0 Å². The summed E-state index contributed by atoms with van der Waals surface area (Å²) in [6.45, 7) is 2.95. The van der Waals surface area contributed by atoms with Crippen LogP contribution in [0.1, 0.15) is 0 Å². The molecule has 0 spiro atoms. The molecule has 0 aromatic heterocycles. The third kappa shape index (κ3) is 2.20. The van der Waals surface area contributed by atoms with Crippen LogP contribution in [0, 0.1) is 0 Å². The zero-order valence-electron chi connectivity index (χ0n) is 3.46. The smallest absolute Gasteiger partial charge is 0.392 e. The van der Waals surface area contributed by atoms with Crippen LogP contribution in [0.25, 0.3) is 0 Å². The summed E-state index contributed by atoms with van der Waals surface area (Å²) in [5.41, 5.74) is -0.935. The summed E-state index contributed by atoms with van der Waals surface area (Å²) in [5, 5.41) is 0. The van der Waals surface area contributed by atoms with Crippen molar-refractivity contribution in [2.45, 2.75) is 0 Å². The molecule has 3 nitrogen and oxygen atoms in total. The molecule has 0 fully saturated rings. The van der Waals surface area contributed by atoms with Crippen LogP contribution in [0.3, 0.4) is 0 Å². The fourth-order valence-electron chi connectivity index (χ4n) is 0.0745. The van der Waals surface area contributed by atoms with E-state index in [9.17, 15) is 14.3 Å². The van der Waals surface area contributed by atoms with Crippen LogP contribution >= 0.6 is 8.03 Å². The molecular formula is C3H3O3P. The third-order valence-corrected chi connectivity index (χ3v) is 0.897. The lowest BCUT2D eigenvalue weighted by Crippen LogP contribution is -1.94. The highest BCUT2D eigenvalue weighted by Crippen LogP contribution is 2.06. The summed E-state index contributed by atoms with van der Waals surface area (Å²) in [7, 11) is -2.92. The quantitative estimate of drug-likeness (QED) is 0.372. The first-order valence-electron chi connectivity index (χ1n) is 1.49. The Hall–Kier alpha value is -0.530. The molecule has 0 aromatic rings. The molecule has 0 aliphatic carbocycles. The zero-order valence-corrected chi connectivity index (χ0v) is 4.35. The number of carbonyl (C=O) groups excluding carboxylic acids is 1. The van der Waals surface area contributed by atoms with Crippen molar-refractivity contribution in [1.29, 1.82) is 0 Å². The van der Waals surface area contributed by atoms with E-state index in [4.69, 9.17) is 0 Å². The van der Waals surface area contributed by atoms with Crippen LogP contribution in [0.2, 0.25) is 0 Å². The summed E-state index contributed by atoms with van der Waals surface area (Å²) < 4.78 is 9.55. The van der Waals surface area contributed by atoms with Gasteiger partial charge in [0.1, 0.15) is 0 Å². The predicted molar refractivity (Wildman–Crippen MR) is 22.8 cm³/mol. The Morgan fingerprint density at radius 2 is 2.29 bits per heavy atom. The van der Waals surface area contributed by atoms with Gasteiger partial charge < -0.3 is 4.89 Å². The Bertz CT molecular complexity index is 117. The number of allylic oxidation sites excluding steroid dienone is 1. The van der Waals surface area contributed by atoms with Gasteiger partial charge in [0, 0.05) is 6.08 Å². The lowest BCUT2D eigenvalue weighted by molar-refractivity contribution is -0.168. The van der Waals surface area contributed by atoms with Crippen LogP contribution in [0.5, 0.6) is 0 Å². The van der Waals surface area contributed by atoms with Gasteiger partial charge >= 0.3 is 13.6 Å². The van der Waals surface area contributed by atoms with Gasteiger partial charge in [-0.3, -0.25) is 0 Å². The highest BCUT2D eigenvalue weighted by molar-refractivity contribution is 7.57. The lowest BCUT2D eigenvalue weighted by Gasteiger charge is -1.72. The SMILES string of the molecule is C=CC(=O)[P+](=O)[O-]. The standard InChI is InChI=1S/C3H3O3P/c1-2-3(4)7(5)6/h2H,1H2. The van der Waals surface area contributed by atoms with Crippen LogP contribution in [-0.2, 0) is 9.36 Å². The highest BCUT2D eigenvalue weighted by Gasteiger charge is 2.08. The molecule has 1 unspecified atom stereocenters. The number of hydrogen-bond donors (Lipinski definition) is 0. The first-order chi connectivity index (χ1) is 3.18. The molecule has 0 radical (unpaired) electrons. The van der Waals surface area contributed by atoms with Gasteiger partial charge in [0.25, 0.3) is 0 Å². The van der Waals surface area contributed by atoms with E-state index in [2.05, 4.69) is 6.58 Å². The lowest BCUT2D eigenvalue weighted by atomic mass is 10.7. The predicted octanol–water partition coefficient (Wildman–Crippen LogP) is -0.198. The molecule has 0 bridgehead atoms. The summed E-state index contributed by atoms with van der Waals surface area (Å²) in [4.78, 5) is 19.3. The molecule has 38 valence electrons. The molecule has 0 saturated carbocycles. The van der Waals surface area contributed by atoms with E-state index < -0.39 is 13.6 Å². The van der Waals surface area contributed by atoms with Gasteiger partial charge in [-0.15, -0.1) is 0 Å². The molecule has 4 heteroatoms. The minimum atomic E-state index is -2.92. The highest BCUT2D eigenvalue weighted by atomic mass is 31.1. The van der Waals surface area contributed by atoms with Crippen molar-refractivity contribution in [2.75, 3.05) is 0 Å². The van der Waals surface area contributed by atoms with E-state index in [1.165, 1.54) is 0 Å². The molecule has 0 aliphatic heterocycles. The van der Waals surface area contributed by atoms with Gasteiger partial charge in [-0.25, -0.2) is 4.79 Å². The first kappa shape index (κ1) is 6.47. The van der Waals surface area contributed by atoms with Crippen molar-refractivity contribution in [2.24, 2.45) is 0 Å². The Morgan fingerprint density at radius 3 is 2.29 bits per heavy atom. The fourth-order valence-corrected chi connectivity index (χ4v) is 0.224. The first-order valence-corrected chi connectivity index (χ1v) is 2.67. The van der Waals surface area contributed by atoms with Gasteiger partial charge in [0.15, 0.2) is 0 Å². The van der Waals surface area contributed by atoms with E-state index in [-0.39, 0.29) is 0 Å². The van der Waals surface area contributed by atoms with Crippen molar-refractivity contribution in [3.05, 3.63) is 12.7 Å². The van der Waals surface area contributed by atoms with Crippen LogP contribution in [0.4, 0.5) is 0 Å². The topological polar surface area (TPSA) is 57.2 Å². The fraction of sp³-hybridized carbons (Fsp3) is 0. The summed E-state index contributed by atoms with van der Waals surface area (Å²) in [5.74, 6) is 0. The average Bonchev–Trinajstić information content (AvgIpc) is 1.65. The maximum Gasteiger partial charge on any atom is 0.392 e. The maximum absolute atomic E-state index is 9.80. The zero-order chi connectivity index (χ0) is 5.86. The average molecular weight is 118 g/mol. The monoisotopic (exact) mass is 118 g/mol. The Kier molecular flexibility index (Phi) is 2.41. The molecule has 0 amide bonds. The second kappa shape index (κ2) is 2.61. The van der Waals surface area contributed by atoms with Crippen LogP contribution in [0.15, 0.2) is 12.7 Å². The van der Waals surface area contributed by atoms with E-state index >= 15 is 0 Å². The van der Waals surface area contributed by atoms with Crippen LogP contribution in [-0.4, -0.2) is 5.52 Å². The third-order valence-electron chi connectivity index (χ3n) is 0.355. The molecule has 0 aliphatic rings. The van der Waals surface area contributed by atoms with Gasteiger partial charge in [0.05, 0.1) is 0 Å². The summed E-state index contributed by atoms with van der Waals surface area (Å²) >= 11 is 0. The molecular weight excluding hydrogens is 115 g/mol. The largest absolute Gasteiger partial charge is 0.588 e. The molecule has 0 saturated heterocycles. The molecule has 0 N–H and O–H groups in total. The molecule has 0 rings (SSSR count). The summed E-state index contributed by atoms with van der Waals surface area (Å²) in [6, 6.07) is 0. The molecule has 0 heterocycles. The second-order valence-corrected chi connectivity index (χ2v) is 1.75. The van der Waals surface area contributed by atoms with Gasteiger partial charge in [0.2, 0.25) is 0 Å². The van der Waals surface area contributed by atoms with E-state index in [1.807, 2.05) is 0 Å². The molecule has 0 aromatic carbocycles. The number of hydrogen-bond acceptors (Lipinski definition) is 3. The minimum Gasteiger partial charge on any atom is -0.588 e. The van der Waals surface area contributed by atoms with Gasteiger partial charge in [-0.1, -0.05) is 11.1 Å². The molecule has 1 atom stereocenters. The van der Waals surface area contributed by atoms with Gasteiger partial charge in [-0.05, 0) is 0 Å².